The van der Waals surface area contributed by atoms with E-state index in [0.29, 0.717) is 0 Å². The molecule has 207 valence electrons. The summed E-state index contributed by atoms with van der Waals surface area (Å²) in [6, 6.07) is 45.2. The third-order valence-corrected chi connectivity index (χ3v) is 10.4. The first-order valence-corrected chi connectivity index (χ1v) is 15.4. The van der Waals surface area contributed by atoms with Crippen LogP contribution in [0.2, 0.25) is 0 Å². The van der Waals surface area contributed by atoms with Crippen LogP contribution in [0.4, 0.5) is 0 Å². The number of furan rings is 2. The molecule has 4 nitrogen and oxygen atoms in total. The quantitative estimate of drug-likeness (QED) is 0.185. The Bertz CT molecular complexity index is 2180. The van der Waals surface area contributed by atoms with Gasteiger partial charge < -0.3 is 18.3 Å². The Morgan fingerprint density at radius 2 is 1.09 bits per heavy atom. The van der Waals surface area contributed by atoms with Crippen LogP contribution in [0.5, 0.6) is 11.5 Å². The van der Waals surface area contributed by atoms with Gasteiger partial charge in [0.05, 0.1) is 14.2 Å². The van der Waals surface area contributed by atoms with Gasteiger partial charge in [0, 0.05) is 32.7 Å². The number of para-hydroxylation sites is 2. The maximum absolute atomic E-state index is 6.21. The van der Waals surface area contributed by atoms with E-state index >= 15 is 0 Å². The van der Waals surface area contributed by atoms with E-state index in [1.165, 1.54) is 10.6 Å². The highest BCUT2D eigenvalue weighted by molar-refractivity contribution is 7.80. The van der Waals surface area contributed by atoms with Gasteiger partial charge in [0.15, 0.2) is 0 Å². The van der Waals surface area contributed by atoms with Crippen molar-refractivity contribution < 1.29 is 18.3 Å². The van der Waals surface area contributed by atoms with Gasteiger partial charge in [0.25, 0.3) is 0 Å². The van der Waals surface area contributed by atoms with Crippen LogP contribution >= 0.6 is 7.92 Å². The number of rotatable bonds is 6. The van der Waals surface area contributed by atoms with Gasteiger partial charge in [-0.05, 0) is 78.4 Å². The third kappa shape index (κ3) is 4.18. The molecule has 2 aromatic heterocycles. The van der Waals surface area contributed by atoms with Gasteiger partial charge >= 0.3 is 0 Å². The van der Waals surface area contributed by atoms with Crippen molar-refractivity contribution in [3.05, 3.63) is 127 Å². The summed E-state index contributed by atoms with van der Waals surface area (Å²) in [5.41, 5.74) is 5.37. The van der Waals surface area contributed by atoms with Gasteiger partial charge in [-0.3, -0.25) is 0 Å². The largest absolute Gasteiger partial charge is 0.496 e. The van der Waals surface area contributed by atoms with E-state index in [4.69, 9.17) is 18.3 Å². The van der Waals surface area contributed by atoms with E-state index < -0.39 is 7.92 Å². The summed E-state index contributed by atoms with van der Waals surface area (Å²) in [7, 11) is 2.32. The summed E-state index contributed by atoms with van der Waals surface area (Å²) < 4.78 is 24.2. The zero-order valence-electron chi connectivity index (χ0n) is 23.6. The molecule has 0 N–H and O–H groups in total. The van der Waals surface area contributed by atoms with Crippen molar-refractivity contribution in [2.24, 2.45) is 0 Å². The number of hydrogen-bond donors (Lipinski definition) is 0. The Balaban J connectivity index is 1.44. The predicted molar refractivity (Wildman–Crippen MR) is 177 cm³/mol. The first-order chi connectivity index (χ1) is 21.2. The average Bonchev–Trinajstić information content (AvgIpc) is 3.62. The first kappa shape index (κ1) is 25.6. The number of methoxy groups -OCH3 is 2. The highest BCUT2D eigenvalue weighted by Gasteiger charge is 2.26. The molecule has 0 bridgehead atoms. The smallest absolute Gasteiger partial charge is 0.135 e. The molecule has 5 heteroatoms. The molecule has 0 aliphatic carbocycles. The van der Waals surface area contributed by atoms with Gasteiger partial charge in [-0.25, -0.2) is 0 Å². The molecule has 0 fully saturated rings. The normalized spacial score (nSPS) is 11.7. The Kier molecular flexibility index (Phi) is 6.17. The molecule has 8 aromatic rings. The summed E-state index contributed by atoms with van der Waals surface area (Å²) in [4.78, 5) is 0. The van der Waals surface area contributed by atoms with Crippen LogP contribution in [0.1, 0.15) is 0 Å². The maximum Gasteiger partial charge on any atom is 0.135 e. The van der Waals surface area contributed by atoms with E-state index in [1.54, 1.807) is 14.2 Å². The molecule has 0 unspecified atom stereocenters. The molecule has 6 aromatic carbocycles. The van der Waals surface area contributed by atoms with Crippen molar-refractivity contribution in [2.75, 3.05) is 14.2 Å². The second kappa shape index (κ2) is 10.3. The lowest BCUT2D eigenvalue weighted by atomic mass is 10.0. The average molecular weight is 578 g/mol. The molecule has 0 aliphatic rings. The fourth-order valence-corrected chi connectivity index (χ4v) is 8.55. The number of benzene rings is 6. The van der Waals surface area contributed by atoms with Gasteiger partial charge in [-0.1, -0.05) is 72.8 Å². The molecule has 43 heavy (non-hydrogen) atoms. The SMILES string of the molecule is COc1ccc[c]c1-c1c(OC)cccc1P(c1ccc2oc3ccccc3c2c1)c1ccc2oc3ccccc3c2c1. The number of fused-ring (bicyclic) bond motifs is 6. The maximum atomic E-state index is 6.21. The Hall–Kier alpha value is -5.05. The second-order valence-electron chi connectivity index (χ2n) is 10.4. The zero-order chi connectivity index (χ0) is 28.9. The molecule has 8 rings (SSSR count). The summed E-state index contributed by atoms with van der Waals surface area (Å²) in [6.07, 6.45) is 0. The van der Waals surface area contributed by atoms with Crippen LogP contribution in [0.3, 0.4) is 0 Å². The van der Waals surface area contributed by atoms with Gasteiger partial charge in [-0.15, -0.1) is 0 Å². The van der Waals surface area contributed by atoms with Crippen molar-refractivity contribution in [3.8, 4) is 22.6 Å². The highest BCUT2D eigenvalue weighted by atomic mass is 31.1. The lowest BCUT2D eigenvalue weighted by Crippen LogP contribution is -2.22. The molecule has 0 saturated heterocycles. The van der Waals surface area contributed by atoms with E-state index in [9.17, 15) is 0 Å². The van der Waals surface area contributed by atoms with Crippen LogP contribution in [-0.2, 0) is 0 Å². The van der Waals surface area contributed by atoms with Crippen LogP contribution in [-0.4, -0.2) is 14.2 Å². The van der Waals surface area contributed by atoms with Gasteiger partial charge in [0.1, 0.15) is 33.8 Å². The molecule has 0 amide bonds. The van der Waals surface area contributed by atoms with Crippen molar-refractivity contribution in [1.29, 1.82) is 0 Å². The fraction of sp³-hybridized carbons (Fsp3) is 0.0526. The van der Waals surface area contributed by atoms with Crippen LogP contribution in [0.25, 0.3) is 55.0 Å². The molecule has 0 saturated carbocycles. The monoisotopic (exact) mass is 577 g/mol. The lowest BCUT2D eigenvalue weighted by Gasteiger charge is -2.24. The molecular formula is C38H26O4P. The van der Waals surface area contributed by atoms with Crippen LogP contribution < -0.4 is 25.4 Å². The minimum Gasteiger partial charge on any atom is -0.496 e. The van der Waals surface area contributed by atoms with Crippen molar-refractivity contribution in [1.82, 2.24) is 0 Å². The first-order valence-electron chi connectivity index (χ1n) is 14.1. The van der Waals surface area contributed by atoms with E-state index in [2.05, 4.69) is 78.9 Å². The lowest BCUT2D eigenvalue weighted by molar-refractivity contribution is 0.410. The Morgan fingerprint density at radius 1 is 0.535 bits per heavy atom. The van der Waals surface area contributed by atoms with Crippen molar-refractivity contribution in [3.63, 3.8) is 0 Å². The summed E-state index contributed by atoms with van der Waals surface area (Å²) in [5, 5.41) is 7.96. The molecular weight excluding hydrogens is 551 g/mol. The van der Waals surface area contributed by atoms with Crippen LogP contribution in [0.15, 0.2) is 130 Å². The molecule has 2 heterocycles. The van der Waals surface area contributed by atoms with E-state index in [-0.39, 0.29) is 0 Å². The van der Waals surface area contributed by atoms with Crippen LogP contribution in [0, 0.1) is 6.07 Å². The molecule has 0 atom stereocenters. The van der Waals surface area contributed by atoms with Crippen molar-refractivity contribution >= 4 is 67.7 Å². The van der Waals surface area contributed by atoms with Crippen molar-refractivity contribution in [2.45, 2.75) is 0 Å². The minimum atomic E-state index is -1.09. The zero-order valence-corrected chi connectivity index (χ0v) is 24.5. The summed E-state index contributed by atoms with van der Waals surface area (Å²) >= 11 is 0. The standard InChI is InChI=1S/C38H26O4P/c1-39-31-13-6-5-12-28(31)38-36(40-2)16-9-17-37(38)43(24-18-20-34-29(22-24)26-10-3-7-14-32(26)41-34)25-19-21-35-30(23-25)27-11-4-8-15-33(27)42-35/h3-11,13-23H,1-2H3. The predicted octanol–water partition coefficient (Wildman–Crippen LogP) is 8.73. The highest BCUT2D eigenvalue weighted by Crippen LogP contribution is 2.45. The fourth-order valence-electron chi connectivity index (χ4n) is 6.05. The Morgan fingerprint density at radius 3 is 1.70 bits per heavy atom. The molecule has 1 radical (unpaired) electrons. The topological polar surface area (TPSA) is 44.7 Å². The molecule has 0 spiro atoms. The third-order valence-electron chi connectivity index (χ3n) is 7.99. The second-order valence-corrected chi connectivity index (χ2v) is 12.5. The number of ether oxygens (including phenoxy) is 2. The minimum absolute atomic E-state index is 0.746. The summed E-state index contributed by atoms with van der Waals surface area (Å²) in [5.74, 6) is 1.52. The van der Waals surface area contributed by atoms with Gasteiger partial charge in [0.2, 0.25) is 0 Å². The summed E-state index contributed by atoms with van der Waals surface area (Å²) in [6.45, 7) is 0. The number of hydrogen-bond acceptors (Lipinski definition) is 4. The molecule has 0 aliphatic heterocycles. The Labute approximate surface area is 249 Å². The van der Waals surface area contributed by atoms with E-state index in [1.807, 2.05) is 48.5 Å². The van der Waals surface area contributed by atoms with Gasteiger partial charge in [-0.2, -0.15) is 0 Å². The van der Waals surface area contributed by atoms with E-state index in [0.717, 1.165) is 71.8 Å².